The highest BCUT2D eigenvalue weighted by Crippen LogP contribution is 2.19. The Hall–Kier alpha value is -3.09. The van der Waals surface area contributed by atoms with Crippen molar-refractivity contribution in [3.8, 4) is 11.4 Å². The molecule has 2 aromatic carbocycles. The van der Waals surface area contributed by atoms with Crippen LogP contribution in [0.2, 0.25) is 0 Å². The molecule has 3 rings (SSSR count). The second-order valence-electron chi connectivity index (χ2n) is 5.44. The Labute approximate surface area is 138 Å². The van der Waals surface area contributed by atoms with E-state index in [9.17, 15) is 9.18 Å². The van der Waals surface area contributed by atoms with Gasteiger partial charge in [-0.2, -0.15) is 4.80 Å². The normalized spacial score (nSPS) is 10.6. The molecular weight excluding hydrogens is 309 g/mol. The van der Waals surface area contributed by atoms with Gasteiger partial charge in [-0.15, -0.1) is 10.2 Å². The van der Waals surface area contributed by atoms with Crippen LogP contribution in [0.3, 0.4) is 0 Å². The third kappa shape index (κ3) is 3.29. The summed E-state index contributed by atoms with van der Waals surface area (Å²) in [6.45, 7) is 3.74. The van der Waals surface area contributed by atoms with Crippen LogP contribution in [0.15, 0.2) is 42.5 Å². The Kier molecular flexibility index (Phi) is 4.33. The second kappa shape index (κ2) is 6.57. The molecule has 0 aliphatic rings. The van der Waals surface area contributed by atoms with Crippen LogP contribution >= 0.6 is 0 Å². The fraction of sp³-hybridized carbons (Fsp3) is 0.176. The topological polar surface area (TPSA) is 72.7 Å². The van der Waals surface area contributed by atoms with Gasteiger partial charge in [0.2, 0.25) is 11.7 Å². The molecule has 1 N–H and O–H groups in total. The molecule has 0 saturated carbocycles. The summed E-state index contributed by atoms with van der Waals surface area (Å²) in [6.07, 6.45) is 0. The van der Waals surface area contributed by atoms with Gasteiger partial charge < -0.3 is 5.32 Å². The summed E-state index contributed by atoms with van der Waals surface area (Å²) in [5.41, 5.74) is 2.97. The number of carbonyl (C=O) groups is 1. The van der Waals surface area contributed by atoms with Gasteiger partial charge >= 0.3 is 0 Å². The van der Waals surface area contributed by atoms with Crippen LogP contribution in [-0.4, -0.2) is 26.1 Å². The zero-order valence-corrected chi connectivity index (χ0v) is 13.3. The minimum Gasteiger partial charge on any atom is -0.324 e. The first-order chi connectivity index (χ1) is 11.5. The van der Waals surface area contributed by atoms with E-state index in [2.05, 4.69) is 20.7 Å². The molecule has 0 bridgehead atoms. The Balaban J connectivity index is 1.73. The number of nitrogens with one attached hydrogen (secondary N) is 1. The first kappa shape index (κ1) is 15.8. The number of nitrogens with zero attached hydrogens (tertiary/aromatic N) is 4. The molecule has 24 heavy (non-hydrogen) atoms. The molecule has 1 heterocycles. The standard InChI is InChI=1S/C17H16FN5O/c1-11-6-5-7-12(2)16(11)19-15(24)10-23-21-17(20-22-23)13-8-3-4-9-14(13)18/h3-9H,10H2,1-2H3,(H,19,24). The largest absolute Gasteiger partial charge is 0.324 e. The van der Waals surface area contributed by atoms with Gasteiger partial charge in [-0.05, 0) is 42.3 Å². The van der Waals surface area contributed by atoms with E-state index >= 15 is 0 Å². The summed E-state index contributed by atoms with van der Waals surface area (Å²) >= 11 is 0. The summed E-state index contributed by atoms with van der Waals surface area (Å²) in [4.78, 5) is 13.3. The van der Waals surface area contributed by atoms with Crippen LogP contribution in [-0.2, 0) is 11.3 Å². The molecule has 0 spiro atoms. The number of amides is 1. The number of hydrogen-bond acceptors (Lipinski definition) is 4. The summed E-state index contributed by atoms with van der Waals surface area (Å²) in [6, 6.07) is 11.9. The Morgan fingerprint density at radius 3 is 2.54 bits per heavy atom. The molecule has 1 aromatic heterocycles. The monoisotopic (exact) mass is 325 g/mol. The number of aromatic nitrogens is 4. The smallest absolute Gasteiger partial charge is 0.248 e. The quantitative estimate of drug-likeness (QED) is 0.800. The number of tetrazole rings is 1. The van der Waals surface area contributed by atoms with E-state index in [4.69, 9.17) is 0 Å². The molecule has 0 fully saturated rings. The molecule has 7 heteroatoms. The van der Waals surface area contributed by atoms with Gasteiger partial charge in [0, 0.05) is 5.69 Å². The van der Waals surface area contributed by atoms with Crippen molar-refractivity contribution in [2.45, 2.75) is 20.4 Å². The number of benzene rings is 2. The second-order valence-corrected chi connectivity index (χ2v) is 5.44. The maximum Gasteiger partial charge on any atom is 0.248 e. The maximum atomic E-state index is 13.7. The summed E-state index contributed by atoms with van der Waals surface area (Å²) in [5.74, 6) is -0.560. The fourth-order valence-electron chi connectivity index (χ4n) is 2.38. The molecular formula is C17H16FN5O. The number of anilines is 1. The van der Waals surface area contributed by atoms with Crippen molar-refractivity contribution in [2.75, 3.05) is 5.32 Å². The predicted molar refractivity (Wildman–Crippen MR) is 87.8 cm³/mol. The van der Waals surface area contributed by atoms with Crippen molar-refractivity contribution < 1.29 is 9.18 Å². The summed E-state index contributed by atoms with van der Waals surface area (Å²) < 4.78 is 13.7. The van der Waals surface area contributed by atoms with Gasteiger partial charge in [0.25, 0.3) is 0 Å². The van der Waals surface area contributed by atoms with Crippen LogP contribution in [0, 0.1) is 19.7 Å². The molecule has 1 amide bonds. The zero-order valence-electron chi connectivity index (χ0n) is 13.3. The highest BCUT2D eigenvalue weighted by Gasteiger charge is 2.13. The van der Waals surface area contributed by atoms with Crippen molar-refractivity contribution >= 4 is 11.6 Å². The lowest BCUT2D eigenvalue weighted by atomic mass is 10.1. The third-order valence-corrected chi connectivity index (χ3v) is 3.60. The molecule has 0 radical (unpaired) electrons. The van der Waals surface area contributed by atoms with Gasteiger partial charge in [0.1, 0.15) is 12.4 Å². The van der Waals surface area contributed by atoms with Crippen LogP contribution < -0.4 is 5.32 Å². The van der Waals surface area contributed by atoms with Crippen LogP contribution in [0.5, 0.6) is 0 Å². The number of aryl methyl sites for hydroxylation is 2. The van der Waals surface area contributed by atoms with E-state index in [-0.39, 0.29) is 23.8 Å². The van der Waals surface area contributed by atoms with Gasteiger partial charge in [-0.1, -0.05) is 30.3 Å². The highest BCUT2D eigenvalue weighted by molar-refractivity contribution is 5.92. The molecule has 0 aliphatic heterocycles. The third-order valence-electron chi connectivity index (χ3n) is 3.60. The average molecular weight is 325 g/mol. The van der Waals surface area contributed by atoms with Crippen LogP contribution in [0.4, 0.5) is 10.1 Å². The number of hydrogen-bond donors (Lipinski definition) is 1. The molecule has 3 aromatic rings. The van der Waals surface area contributed by atoms with E-state index in [0.29, 0.717) is 0 Å². The van der Waals surface area contributed by atoms with Gasteiger partial charge in [0.05, 0.1) is 5.56 Å². The fourth-order valence-corrected chi connectivity index (χ4v) is 2.38. The lowest BCUT2D eigenvalue weighted by molar-refractivity contribution is -0.117. The highest BCUT2D eigenvalue weighted by atomic mass is 19.1. The number of carbonyl (C=O) groups excluding carboxylic acids is 1. The average Bonchev–Trinajstić information content (AvgIpc) is 3.00. The lowest BCUT2D eigenvalue weighted by Crippen LogP contribution is -2.21. The molecule has 0 unspecified atom stereocenters. The van der Waals surface area contributed by atoms with E-state index in [1.54, 1.807) is 18.2 Å². The van der Waals surface area contributed by atoms with Crippen molar-refractivity contribution in [3.63, 3.8) is 0 Å². The number of rotatable bonds is 4. The van der Waals surface area contributed by atoms with E-state index in [1.165, 1.54) is 6.07 Å². The Morgan fingerprint density at radius 1 is 1.12 bits per heavy atom. The van der Waals surface area contributed by atoms with Crippen molar-refractivity contribution in [3.05, 3.63) is 59.4 Å². The number of para-hydroxylation sites is 1. The van der Waals surface area contributed by atoms with Gasteiger partial charge in [0.15, 0.2) is 0 Å². The van der Waals surface area contributed by atoms with Gasteiger partial charge in [-0.25, -0.2) is 4.39 Å². The van der Waals surface area contributed by atoms with Crippen molar-refractivity contribution in [1.82, 2.24) is 20.2 Å². The van der Waals surface area contributed by atoms with Gasteiger partial charge in [-0.3, -0.25) is 4.79 Å². The Bertz CT molecular complexity index is 870. The minimum atomic E-state index is -0.433. The molecule has 6 nitrogen and oxygen atoms in total. The number of halogens is 1. The van der Waals surface area contributed by atoms with Crippen molar-refractivity contribution in [2.24, 2.45) is 0 Å². The van der Waals surface area contributed by atoms with E-state index in [1.807, 2.05) is 32.0 Å². The van der Waals surface area contributed by atoms with E-state index in [0.717, 1.165) is 21.6 Å². The maximum absolute atomic E-state index is 13.7. The predicted octanol–water partition coefficient (Wildman–Crippen LogP) is 2.73. The lowest BCUT2D eigenvalue weighted by Gasteiger charge is -2.10. The minimum absolute atomic E-state index is 0.102. The Morgan fingerprint density at radius 2 is 1.83 bits per heavy atom. The van der Waals surface area contributed by atoms with E-state index < -0.39 is 5.82 Å². The van der Waals surface area contributed by atoms with Crippen LogP contribution in [0.25, 0.3) is 11.4 Å². The first-order valence-electron chi connectivity index (χ1n) is 7.43. The molecule has 122 valence electrons. The zero-order chi connectivity index (χ0) is 17.1. The van der Waals surface area contributed by atoms with Crippen molar-refractivity contribution in [1.29, 1.82) is 0 Å². The molecule has 0 saturated heterocycles. The first-order valence-corrected chi connectivity index (χ1v) is 7.43. The molecule has 0 atom stereocenters. The van der Waals surface area contributed by atoms with Crippen LogP contribution in [0.1, 0.15) is 11.1 Å². The SMILES string of the molecule is Cc1cccc(C)c1NC(=O)Cn1nnc(-c2ccccc2F)n1. The molecule has 0 aliphatic carbocycles. The summed E-state index contributed by atoms with van der Waals surface area (Å²) in [7, 11) is 0. The summed E-state index contributed by atoms with van der Waals surface area (Å²) in [5, 5.41) is 14.5.